The predicted octanol–water partition coefficient (Wildman–Crippen LogP) is 1.81. The molecule has 4 nitrogen and oxygen atoms in total. The second-order valence-corrected chi connectivity index (χ2v) is 4.69. The predicted molar refractivity (Wildman–Crippen MR) is 67.8 cm³/mol. The maximum atomic E-state index is 11.6. The van der Waals surface area contributed by atoms with Gasteiger partial charge in [-0.15, -0.1) is 0 Å². The van der Waals surface area contributed by atoms with Gasteiger partial charge >= 0.3 is 0 Å². The van der Waals surface area contributed by atoms with Crippen LogP contribution in [0.2, 0.25) is 0 Å². The van der Waals surface area contributed by atoms with Gasteiger partial charge in [0, 0.05) is 19.8 Å². The van der Waals surface area contributed by atoms with E-state index in [1.54, 1.807) is 4.90 Å². The molecule has 1 aliphatic heterocycles. The number of nitriles is 1. The van der Waals surface area contributed by atoms with Crippen LogP contribution in [0, 0.1) is 11.3 Å². The molecule has 0 saturated carbocycles. The maximum absolute atomic E-state index is 11.6. The molecule has 1 amide bonds. The Kier molecular flexibility index (Phi) is 3.25. The summed E-state index contributed by atoms with van der Waals surface area (Å²) in [7, 11) is 1.89. The van der Waals surface area contributed by atoms with Crippen LogP contribution in [0.15, 0.2) is 23.4 Å². The van der Waals surface area contributed by atoms with Crippen molar-refractivity contribution < 1.29 is 4.79 Å². The van der Waals surface area contributed by atoms with E-state index in [0.29, 0.717) is 17.9 Å². The number of nitrogens with zero attached hydrogens (tertiary/aromatic N) is 3. The van der Waals surface area contributed by atoms with Crippen LogP contribution in [0.4, 0.5) is 0 Å². The SMILES string of the molecule is CCN1C(=O)CS/C1=C(/C#N)c1cccn1C. The van der Waals surface area contributed by atoms with Crippen LogP contribution in [0.5, 0.6) is 0 Å². The quantitative estimate of drug-likeness (QED) is 0.749. The first-order valence-corrected chi connectivity index (χ1v) is 6.36. The second kappa shape index (κ2) is 4.68. The number of hydrogen-bond acceptors (Lipinski definition) is 3. The lowest BCUT2D eigenvalue weighted by molar-refractivity contribution is -0.125. The van der Waals surface area contributed by atoms with Gasteiger partial charge in [0.1, 0.15) is 11.6 Å². The first-order chi connectivity index (χ1) is 8.19. The molecule has 0 radical (unpaired) electrons. The number of hydrogen-bond donors (Lipinski definition) is 0. The third-order valence-electron chi connectivity index (χ3n) is 2.72. The largest absolute Gasteiger partial charge is 0.350 e. The fraction of sp³-hybridized carbons (Fsp3) is 0.333. The van der Waals surface area contributed by atoms with Crippen molar-refractivity contribution in [2.45, 2.75) is 6.92 Å². The molecule has 88 valence electrons. The number of aromatic nitrogens is 1. The Hall–Kier alpha value is -1.67. The third kappa shape index (κ3) is 1.96. The van der Waals surface area contributed by atoms with Crippen LogP contribution in [0.1, 0.15) is 12.6 Å². The average Bonchev–Trinajstić information content (AvgIpc) is 2.88. The molecular weight excluding hydrogens is 234 g/mol. The van der Waals surface area contributed by atoms with Crippen LogP contribution < -0.4 is 0 Å². The molecular formula is C12H13N3OS. The van der Waals surface area contributed by atoms with Gasteiger partial charge in [-0.05, 0) is 19.1 Å². The van der Waals surface area contributed by atoms with Gasteiger partial charge in [-0.2, -0.15) is 5.26 Å². The Morgan fingerprint density at radius 3 is 2.94 bits per heavy atom. The molecule has 1 saturated heterocycles. The minimum atomic E-state index is 0.0782. The number of carbonyl (C=O) groups excluding carboxylic acids is 1. The second-order valence-electron chi connectivity index (χ2n) is 3.72. The molecule has 0 N–H and O–H groups in total. The summed E-state index contributed by atoms with van der Waals surface area (Å²) >= 11 is 1.44. The van der Waals surface area contributed by atoms with Crippen molar-refractivity contribution in [3.63, 3.8) is 0 Å². The van der Waals surface area contributed by atoms with Crippen LogP contribution >= 0.6 is 11.8 Å². The number of rotatable bonds is 2. The van der Waals surface area contributed by atoms with Gasteiger partial charge in [-0.25, -0.2) is 0 Å². The van der Waals surface area contributed by atoms with Crippen molar-refractivity contribution in [2.24, 2.45) is 7.05 Å². The van der Waals surface area contributed by atoms with Gasteiger partial charge in [0.25, 0.3) is 0 Å². The zero-order valence-electron chi connectivity index (χ0n) is 9.80. The normalized spacial score (nSPS) is 18.4. The zero-order chi connectivity index (χ0) is 12.4. The van der Waals surface area contributed by atoms with E-state index < -0.39 is 0 Å². The van der Waals surface area contributed by atoms with E-state index >= 15 is 0 Å². The number of carbonyl (C=O) groups is 1. The molecule has 0 bridgehead atoms. The maximum Gasteiger partial charge on any atom is 0.237 e. The summed E-state index contributed by atoms with van der Waals surface area (Å²) in [4.78, 5) is 13.3. The Morgan fingerprint density at radius 2 is 2.41 bits per heavy atom. The van der Waals surface area contributed by atoms with Crippen LogP contribution in [0.3, 0.4) is 0 Å². The van der Waals surface area contributed by atoms with E-state index in [2.05, 4.69) is 6.07 Å². The van der Waals surface area contributed by atoms with Crippen molar-refractivity contribution in [1.82, 2.24) is 9.47 Å². The Bertz CT molecular complexity index is 524. The molecule has 5 heteroatoms. The monoisotopic (exact) mass is 247 g/mol. The fourth-order valence-electron chi connectivity index (χ4n) is 1.86. The van der Waals surface area contributed by atoms with Crippen molar-refractivity contribution >= 4 is 23.2 Å². The molecule has 0 aliphatic carbocycles. The highest BCUT2D eigenvalue weighted by molar-refractivity contribution is 8.04. The molecule has 0 unspecified atom stereocenters. The number of thioether (sulfide) groups is 1. The summed E-state index contributed by atoms with van der Waals surface area (Å²) in [5, 5.41) is 10.1. The smallest absolute Gasteiger partial charge is 0.237 e. The molecule has 1 fully saturated rings. The Morgan fingerprint density at radius 1 is 1.65 bits per heavy atom. The summed E-state index contributed by atoms with van der Waals surface area (Å²) in [6.45, 7) is 2.53. The lowest BCUT2D eigenvalue weighted by Gasteiger charge is -2.16. The molecule has 1 aromatic rings. The van der Waals surface area contributed by atoms with Crippen LogP contribution in [0.25, 0.3) is 5.57 Å². The third-order valence-corrected chi connectivity index (χ3v) is 3.81. The van der Waals surface area contributed by atoms with E-state index in [0.717, 1.165) is 10.7 Å². The molecule has 0 aromatic carbocycles. The van der Waals surface area contributed by atoms with Crippen molar-refractivity contribution in [1.29, 1.82) is 5.26 Å². The number of amides is 1. The standard InChI is InChI=1S/C12H13N3OS/c1-3-15-11(16)8-17-12(15)9(7-13)10-5-4-6-14(10)2/h4-6H,3,8H2,1-2H3/b12-9-. The van der Waals surface area contributed by atoms with Crippen molar-refractivity contribution in [3.8, 4) is 6.07 Å². The minimum absolute atomic E-state index is 0.0782. The highest BCUT2D eigenvalue weighted by Crippen LogP contribution is 2.34. The van der Waals surface area contributed by atoms with Gasteiger partial charge in [-0.1, -0.05) is 11.8 Å². The highest BCUT2D eigenvalue weighted by Gasteiger charge is 2.29. The van der Waals surface area contributed by atoms with E-state index in [9.17, 15) is 10.1 Å². The highest BCUT2D eigenvalue weighted by atomic mass is 32.2. The van der Waals surface area contributed by atoms with E-state index in [1.807, 2.05) is 36.9 Å². The summed E-state index contributed by atoms with van der Waals surface area (Å²) in [6, 6.07) is 6.00. The van der Waals surface area contributed by atoms with Crippen LogP contribution in [-0.2, 0) is 11.8 Å². The van der Waals surface area contributed by atoms with E-state index in [-0.39, 0.29) is 5.91 Å². The summed E-state index contributed by atoms with van der Waals surface area (Å²) in [5.41, 5.74) is 1.43. The summed E-state index contributed by atoms with van der Waals surface area (Å²) in [5.74, 6) is 0.508. The molecule has 17 heavy (non-hydrogen) atoms. The van der Waals surface area contributed by atoms with Crippen molar-refractivity contribution in [3.05, 3.63) is 29.1 Å². The first-order valence-electron chi connectivity index (χ1n) is 5.38. The molecule has 2 heterocycles. The van der Waals surface area contributed by atoms with Gasteiger partial charge < -0.3 is 9.47 Å². The Labute approximate surface area is 105 Å². The zero-order valence-corrected chi connectivity index (χ0v) is 10.6. The van der Waals surface area contributed by atoms with Gasteiger partial charge in [0.05, 0.1) is 16.5 Å². The fourth-order valence-corrected chi connectivity index (χ4v) is 2.96. The first kappa shape index (κ1) is 11.8. The minimum Gasteiger partial charge on any atom is -0.350 e. The van der Waals surface area contributed by atoms with Gasteiger partial charge in [0.2, 0.25) is 5.91 Å². The summed E-state index contributed by atoms with van der Waals surface area (Å²) in [6.07, 6.45) is 1.89. The average molecular weight is 247 g/mol. The van der Waals surface area contributed by atoms with Crippen molar-refractivity contribution in [2.75, 3.05) is 12.3 Å². The van der Waals surface area contributed by atoms with E-state index in [4.69, 9.17) is 0 Å². The topological polar surface area (TPSA) is 49.0 Å². The molecule has 2 rings (SSSR count). The van der Waals surface area contributed by atoms with Crippen LogP contribution in [-0.4, -0.2) is 27.7 Å². The molecule has 0 atom stereocenters. The lowest BCUT2D eigenvalue weighted by atomic mass is 10.2. The molecule has 1 aromatic heterocycles. The molecule has 0 spiro atoms. The van der Waals surface area contributed by atoms with Gasteiger partial charge in [0.15, 0.2) is 0 Å². The number of aryl methyl sites for hydroxylation is 1. The van der Waals surface area contributed by atoms with Gasteiger partial charge in [-0.3, -0.25) is 4.79 Å². The number of allylic oxidation sites excluding steroid dienone is 1. The summed E-state index contributed by atoms with van der Waals surface area (Å²) < 4.78 is 1.89. The van der Waals surface area contributed by atoms with E-state index in [1.165, 1.54) is 11.8 Å². The lowest BCUT2D eigenvalue weighted by Crippen LogP contribution is -2.24. The molecule has 1 aliphatic rings. The Balaban J connectivity index is 2.52.